The molecule has 0 aliphatic rings. The second-order valence-corrected chi connectivity index (χ2v) is 4.70. The van der Waals surface area contributed by atoms with Crippen LogP contribution in [0.3, 0.4) is 0 Å². The summed E-state index contributed by atoms with van der Waals surface area (Å²) in [5, 5.41) is 3.40. The molecular formula is C12H20N6. The van der Waals surface area contributed by atoms with Gasteiger partial charge in [0.1, 0.15) is 12.2 Å². The number of nitrogens with two attached hydrogens (primary N) is 1. The Kier molecular flexibility index (Phi) is 3.76. The minimum atomic E-state index is 0.446. The van der Waals surface area contributed by atoms with E-state index in [0.717, 1.165) is 31.0 Å². The molecule has 3 N–H and O–H groups in total. The molecule has 0 aliphatic heterocycles. The summed E-state index contributed by atoms with van der Waals surface area (Å²) in [6.07, 6.45) is 2.52. The Morgan fingerprint density at radius 2 is 2.17 bits per heavy atom. The number of anilines is 1. The van der Waals surface area contributed by atoms with E-state index in [1.165, 1.54) is 6.33 Å². The summed E-state index contributed by atoms with van der Waals surface area (Å²) in [7, 11) is 0. The summed E-state index contributed by atoms with van der Waals surface area (Å²) < 4.78 is 2.09. The molecule has 2 aromatic heterocycles. The van der Waals surface area contributed by atoms with Gasteiger partial charge in [-0.1, -0.05) is 13.8 Å². The van der Waals surface area contributed by atoms with E-state index in [9.17, 15) is 0 Å². The fourth-order valence-electron chi connectivity index (χ4n) is 1.96. The summed E-state index contributed by atoms with van der Waals surface area (Å²) in [6, 6.07) is 0.517. The number of imidazole rings is 1. The second kappa shape index (κ2) is 5.30. The van der Waals surface area contributed by atoms with E-state index in [2.05, 4.69) is 38.7 Å². The first kappa shape index (κ1) is 12.8. The molecule has 2 aromatic rings. The zero-order valence-electron chi connectivity index (χ0n) is 11.1. The molecule has 6 heteroatoms. The van der Waals surface area contributed by atoms with E-state index in [0.29, 0.717) is 17.4 Å². The average Bonchev–Trinajstić information content (AvgIpc) is 2.63. The first-order valence-corrected chi connectivity index (χ1v) is 6.26. The average molecular weight is 248 g/mol. The van der Waals surface area contributed by atoms with Crippen LogP contribution in [-0.4, -0.2) is 32.1 Å². The number of aryl methyl sites for hydroxylation is 2. The van der Waals surface area contributed by atoms with Crippen molar-refractivity contribution in [1.82, 2.24) is 24.8 Å². The summed E-state index contributed by atoms with van der Waals surface area (Å²) >= 11 is 0. The van der Waals surface area contributed by atoms with E-state index >= 15 is 0 Å². The zero-order valence-corrected chi connectivity index (χ0v) is 11.1. The highest BCUT2D eigenvalue weighted by molar-refractivity contribution is 5.81. The Hall–Kier alpha value is -1.69. The molecule has 6 nitrogen and oxygen atoms in total. The van der Waals surface area contributed by atoms with Gasteiger partial charge in [-0.15, -0.1) is 0 Å². The fraction of sp³-hybridized carbons (Fsp3) is 0.583. The van der Waals surface area contributed by atoms with Crippen molar-refractivity contribution in [2.45, 2.75) is 39.8 Å². The van der Waals surface area contributed by atoms with Crippen LogP contribution in [0.5, 0.6) is 0 Å². The molecule has 0 saturated heterocycles. The quantitative estimate of drug-likeness (QED) is 0.774. The van der Waals surface area contributed by atoms with Crippen molar-refractivity contribution >= 4 is 17.0 Å². The molecule has 0 atom stereocenters. The van der Waals surface area contributed by atoms with E-state index in [1.54, 1.807) is 0 Å². The van der Waals surface area contributed by atoms with Gasteiger partial charge in [0.25, 0.3) is 0 Å². The van der Waals surface area contributed by atoms with Crippen molar-refractivity contribution in [3.05, 3.63) is 12.2 Å². The smallest absolute Gasteiger partial charge is 0.165 e. The number of hydrogen-bond donors (Lipinski definition) is 2. The van der Waals surface area contributed by atoms with Crippen LogP contribution in [0, 0.1) is 6.92 Å². The Morgan fingerprint density at radius 1 is 1.39 bits per heavy atom. The van der Waals surface area contributed by atoms with Crippen LogP contribution in [0.15, 0.2) is 6.33 Å². The van der Waals surface area contributed by atoms with Crippen molar-refractivity contribution in [1.29, 1.82) is 0 Å². The van der Waals surface area contributed by atoms with Gasteiger partial charge in [-0.05, 0) is 19.9 Å². The van der Waals surface area contributed by atoms with Crippen molar-refractivity contribution in [2.75, 3.05) is 12.3 Å². The lowest BCUT2D eigenvalue weighted by Crippen LogP contribution is -2.24. The van der Waals surface area contributed by atoms with Gasteiger partial charge in [-0.25, -0.2) is 15.0 Å². The van der Waals surface area contributed by atoms with Gasteiger partial charge < -0.3 is 15.6 Å². The number of nitrogens with zero attached hydrogens (tertiary/aromatic N) is 4. The second-order valence-electron chi connectivity index (χ2n) is 4.70. The Balaban J connectivity index is 2.13. The Morgan fingerprint density at radius 3 is 2.89 bits per heavy atom. The van der Waals surface area contributed by atoms with Crippen molar-refractivity contribution in [3.63, 3.8) is 0 Å². The molecule has 0 aromatic carbocycles. The lowest BCUT2D eigenvalue weighted by Gasteiger charge is -2.09. The maximum absolute atomic E-state index is 5.79. The van der Waals surface area contributed by atoms with E-state index in [4.69, 9.17) is 5.73 Å². The minimum Gasteiger partial charge on any atom is -0.382 e. The van der Waals surface area contributed by atoms with Gasteiger partial charge >= 0.3 is 0 Å². The summed E-state index contributed by atoms with van der Waals surface area (Å²) in [4.78, 5) is 12.6. The van der Waals surface area contributed by atoms with Gasteiger partial charge in [0.2, 0.25) is 0 Å². The zero-order chi connectivity index (χ0) is 13.1. The Labute approximate surface area is 107 Å². The van der Waals surface area contributed by atoms with Gasteiger partial charge in [0.15, 0.2) is 17.0 Å². The molecule has 0 unspecified atom stereocenters. The number of rotatable bonds is 5. The van der Waals surface area contributed by atoms with Gasteiger partial charge in [0, 0.05) is 12.6 Å². The SMILES string of the molecule is Cc1nc2c(N)ncnc2n1CCCNC(C)C. The topological polar surface area (TPSA) is 81.7 Å². The molecule has 0 fully saturated rings. The van der Waals surface area contributed by atoms with Gasteiger partial charge in [0.05, 0.1) is 0 Å². The number of nitrogen functional groups attached to an aromatic ring is 1. The highest BCUT2D eigenvalue weighted by Gasteiger charge is 2.11. The Bertz CT molecular complexity index is 531. The third kappa shape index (κ3) is 2.59. The predicted octanol–water partition coefficient (Wildman–Crippen LogP) is 1.11. The molecule has 0 amide bonds. The third-order valence-electron chi connectivity index (χ3n) is 2.86. The first-order valence-electron chi connectivity index (χ1n) is 6.26. The van der Waals surface area contributed by atoms with E-state index in [-0.39, 0.29) is 0 Å². The third-order valence-corrected chi connectivity index (χ3v) is 2.86. The maximum Gasteiger partial charge on any atom is 0.165 e. The molecule has 0 saturated carbocycles. The van der Waals surface area contributed by atoms with Crippen LogP contribution in [-0.2, 0) is 6.54 Å². The molecule has 2 rings (SSSR count). The van der Waals surface area contributed by atoms with Crippen molar-refractivity contribution in [2.24, 2.45) is 0 Å². The molecule has 2 heterocycles. The molecule has 0 aliphatic carbocycles. The molecule has 18 heavy (non-hydrogen) atoms. The van der Waals surface area contributed by atoms with Crippen LogP contribution in [0.25, 0.3) is 11.2 Å². The van der Waals surface area contributed by atoms with Crippen LogP contribution in [0.4, 0.5) is 5.82 Å². The summed E-state index contributed by atoms with van der Waals surface area (Å²) in [5.74, 6) is 1.38. The number of hydrogen-bond acceptors (Lipinski definition) is 5. The number of aromatic nitrogens is 4. The molecular weight excluding hydrogens is 228 g/mol. The van der Waals surface area contributed by atoms with Crippen molar-refractivity contribution in [3.8, 4) is 0 Å². The maximum atomic E-state index is 5.79. The number of fused-ring (bicyclic) bond motifs is 1. The fourth-order valence-corrected chi connectivity index (χ4v) is 1.96. The predicted molar refractivity (Wildman–Crippen MR) is 72.2 cm³/mol. The molecule has 0 radical (unpaired) electrons. The van der Waals surface area contributed by atoms with Crippen LogP contribution >= 0.6 is 0 Å². The summed E-state index contributed by atoms with van der Waals surface area (Å²) in [5.41, 5.74) is 7.32. The lowest BCUT2D eigenvalue weighted by molar-refractivity contribution is 0.535. The molecule has 98 valence electrons. The van der Waals surface area contributed by atoms with Gasteiger partial charge in [-0.2, -0.15) is 0 Å². The normalized spacial score (nSPS) is 11.6. The molecule has 0 spiro atoms. The monoisotopic (exact) mass is 248 g/mol. The van der Waals surface area contributed by atoms with E-state index in [1.807, 2.05) is 6.92 Å². The lowest BCUT2D eigenvalue weighted by atomic mass is 10.3. The standard InChI is InChI=1S/C12H20N6/c1-8(2)14-5-4-6-18-9(3)17-10-11(13)15-7-16-12(10)18/h7-8,14H,4-6H2,1-3H3,(H2,13,15,16). The first-order chi connectivity index (χ1) is 8.59. The minimum absolute atomic E-state index is 0.446. The van der Waals surface area contributed by atoms with Crippen LogP contribution in [0.2, 0.25) is 0 Å². The molecule has 0 bridgehead atoms. The highest BCUT2D eigenvalue weighted by Crippen LogP contribution is 2.17. The number of nitrogens with one attached hydrogen (secondary N) is 1. The van der Waals surface area contributed by atoms with Crippen molar-refractivity contribution < 1.29 is 0 Å². The largest absolute Gasteiger partial charge is 0.382 e. The van der Waals surface area contributed by atoms with Crippen LogP contribution < -0.4 is 11.1 Å². The summed E-state index contributed by atoms with van der Waals surface area (Å²) in [6.45, 7) is 8.13. The van der Waals surface area contributed by atoms with Gasteiger partial charge in [-0.3, -0.25) is 0 Å². The highest BCUT2D eigenvalue weighted by atomic mass is 15.1. The van der Waals surface area contributed by atoms with Crippen LogP contribution in [0.1, 0.15) is 26.1 Å². The van der Waals surface area contributed by atoms with E-state index < -0.39 is 0 Å².